The van der Waals surface area contributed by atoms with Crippen molar-refractivity contribution in [1.29, 1.82) is 0 Å². The van der Waals surface area contributed by atoms with Crippen LogP contribution in [-0.2, 0) is 0 Å². The third-order valence-corrected chi connectivity index (χ3v) is 3.18. The van der Waals surface area contributed by atoms with Gasteiger partial charge in [0.2, 0.25) is 0 Å². The molecule has 96 valence electrons. The highest BCUT2D eigenvalue weighted by Crippen LogP contribution is 2.33. The maximum atomic E-state index is 6.07. The zero-order chi connectivity index (χ0) is 13.1. The minimum atomic E-state index is -0.228. The van der Waals surface area contributed by atoms with Gasteiger partial charge in [-0.25, -0.2) is 0 Å². The molecule has 1 unspecified atom stereocenters. The number of benzene rings is 1. The summed E-state index contributed by atoms with van der Waals surface area (Å²) in [4.78, 5) is 4.25. The molecule has 18 heavy (non-hydrogen) atoms. The van der Waals surface area contributed by atoms with Crippen molar-refractivity contribution in [2.75, 3.05) is 0 Å². The van der Waals surface area contributed by atoms with Crippen molar-refractivity contribution in [3.05, 3.63) is 34.1 Å². The van der Waals surface area contributed by atoms with Crippen LogP contribution in [0.4, 0.5) is 0 Å². The quantitative estimate of drug-likeness (QED) is 0.927. The molecular weight excluding hydrogens is 273 g/mol. The van der Waals surface area contributed by atoms with Crippen LogP contribution in [0.1, 0.15) is 31.6 Å². The monoisotopic (exact) mass is 285 g/mol. The molecule has 0 amide bonds. The molecule has 1 atom stereocenters. The number of hydrogen-bond acceptors (Lipinski definition) is 4. The first-order valence-electron chi connectivity index (χ1n) is 5.67. The molecule has 0 aliphatic carbocycles. The molecule has 6 heteroatoms. The topological polar surface area (TPSA) is 64.9 Å². The summed E-state index contributed by atoms with van der Waals surface area (Å²) in [7, 11) is 0. The number of nitrogens with zero attached hydrogens (tertiary/aromatic N) is 2. The molecule has 2 aromatic rings. The number of halogens is 2. The van der Waals surface area contributed by atoms with Gasteiger partial charge in [-0.2, -0.15) is 4.98 Å². The molecule has 0 bridgehead atoms. The minimum Gasteiger partial charge on any atom is -0.334 e. The van der Waals surface area contributed by atoms with E-state index in [1.807, 2.05) is 6.92 Å². The maximum Gasteiger partial charge on any atom is 0.261 e. The Hall–Kier alpha value is -1.10. The molecule has 0 aliphatic rings. The van der Waals surface area contributed by atoms with Crippen LogP contribution >= 0.6 is 23.2 Å². The first-order valence-corrected chi connectivity index (χ1v) is 6.42. The first kappa shape index (κ1) is 13.3. The van der Waals surface area contributed by atoms with Gasteiger partial charge in [0, 0.05) is 0 Å². The first-order chi connectivity index (χ1) is 8.63. The SMILES string of the molecule is CCCC(N)c1noc(-c2c(Cl)cccc2Cl)n1. The van der Waals surface area contributed by atoms with Crippen molar-refractivity contribution < 1.29 is 4.52 Å². The fourth-order valence-electron chi connectivity index (χ4n) is 1.63. The summed E-state index contributed by atoms with van der Waals surface area (Å²) in [6.07, 6.45) is 1.76. The largest absolute Gasteiger partial charge is 0.334 e. The molecule has 1 aromatic carbocycles. The summed E-state index contributed by atoms with van der Waals surface area (Å²) in [5.41, 5.74) is 6.47. The standard InChI is InChI=1S/C12H13Cl2N3O/c1-2-4-9(15)11-16-12(18-17-11)10-7(13)5-3-6-8(10)14/h3,5-6,9H,2,4,15H2,1H3. The lowest BCUT2D eigenvalue weighted by atomic mass is 10.2. The molecular formula is C12H13Cl2N3O. The van der Waals surface area contributed by atoms with E-state index < -0.39 is 0 Å². The van der Waals surface area contributed by atoms with Crippen LogP contribution in [0, 0.1) is 0 Å². The third-order valence-electron chi connectivity index (χ3n) is 2.55. The molecule has 0 saturated carbocycles. The maximum absolute atomic E-state index is 6.07. The van der Waals surface area contributed by atoms with Crippen molar-refractivity contribution >= 4 is 23.2 Å². The number of nitrogens with two attached hydrogens (primary N) is 1. The second kappa shape index (κ2) is 5.69. The minimum absolute atomic E-state index is 0.228. The Labute approximate surface area is 115 Å². The molecule has 2 N–H and O–H groups in total. The molecule has 0 radical (unpaired) electrons. The van der Waals surface area contributed by atoms with Gasteiger partial charge in [0.1, 0.15) is 0 Å². The van der Waals surface area contributed by atoms with Gasteiger partial charge in [-0.3, -0.25) is 0 Å². The Morgan fingerprint density at radius 3 is 2.61 bits per heavy atom. The lowest BCUT2D eigenvalue weighted by Crippen LogP contribution is -2.11. The van der Waals surface area contributed by atoms with Crippen molar-refractivity contribution in [2.45, 2.75) is 25.8 Å². The van der Waals surface area contributed by atoms with Crippen LogP contribution in [0.3, 0.4) is 0 Å². The van der Waals surface area contributed by atoms with Gasteiger partial charge >= 0.3 is 0 Å². The van der Waals surface area contributed by atoms with Gasteiger partial charge < -0.3 is 10.3 Å². The predicted octanol–water partition coefficient (Wildman–Crippen LogP) is 3.84. The van der Waals surface area contributed by atoms with Crippen LogP contribution in [0.2, 0.25) is 10.0 Å². The Balaban J connectivity index is 2.35. The van der Waals surface area contributed by atoms with Crippen LogP contribution in [0.15, 0.2) is 22.7 Å². The highest BCUT2D eigenvalue weighted by Gasteiger charge is 2.18. The molecule has 0 spiro atoms. The molecule has 1 heterocycles. The number of aromatic nitrogens is 2. The van der Waals surface area contributed by atoms with E-state index in [-0.39, 0.29) is 6.04 Å². The second-order valence-corrected chi connectivity index (χ2v) is 4.76. The van der Waals surface area contributed by atoms with Gasteiger partial charge in [-0.1, -0.05) is 47.8 Å². The van der Waals surface area contributed by atoms with E-state index in [1.54, 1.807) is 18.2 Å². The van der Waals surface area contributed by atoms with Crippen LogP contribution in [0.5, 0.6) is 0 Å². The Morgan fingerprint density at radius 2 is 2.00 bits per heavy atom. The molecule has 4 nitrogen and oxygen atoms in total. The van der Waals surface area contributed by atoms with Gasteiger partial charge in [-0.05, 0) is 18.6 Å². The summed E-state index contributed by atoms with van der Waals surface area (Å²) >= 11 is 12.1. The molecule has 0 saturated heterocycles. The predicted molar refractivity (Wildman–Crippen MR) is 71.6 cm³/mol. The van der Waals surface area contributed by atoms with Crippen molar-refractivity contribution in [3.63, 3.8) is 0 Å². The van der Waals surface area contributed by atoms with Crippen LogP contribution in [0.25, 0.3) is 11.5 Å². The van der Waals surface area contributed by atoms with E-state index in [0.29, 0.717) is 27.3 Å². The summed E-state index contributed by atoms with van der Waals surface area (Å²) < 4.78 is 5.17. The smallest absolute Gasteiger partial charge is 0.261 e. The molecule has 1 aromatic heterocycles. The van der Waals surface area contributed by atoms with Crippen molar-refractivity contribution in [3.8, 4) is 11.5 Å². The van der Waals surface area contributed by atoms with Gasteiger partial charge in [0.15, 0.2) is 5.82 Å². The lowest BCUT2D eigenvalue weighted by Gasteiger charge is -2.03. The van der Waals surface area contributed by atoms with Crippen LogP contribution in [-0.4, -0.2) is 10.1 Å². The number of rotatable bonds is 4. The Morgan fingerprint density at radius 1 is 1.33 bits per heavy atom. The van der Waals surface area contributed by atoms with Crippen LogP contribution < -0.4 is 5.73 Å². The van der Waals surface area contributed by atoms with Crippen molar-refractivity contribution in [2.24, 2.45) is 5.73 Å². The lowest BCUT2D eigenvalue weighted by molar-refractivity contribution is 0.413. The second-order valence-electron chi connectivity index (χ2n) is 3.95. The Kier molecular flexibility index (Phi) is 4.22. The fraction of sp³-hybridized carbons (Fsp3) is 0.333. The van der Waals surface area contributed by atoms with E-state index >= 15 is 0 Å². The summed E-state index contributed by atoms with van der Waals surface area (Å²) in [6, 6.07) is 4.97. The van der Waals surface area contributed by atoms with E-state index in [1.165, 1.54) is 0 Å². The average Bonchev–Trinajstić information content (AvgIpc) is 2.78. The van der Waals surface area contributed by atoms with E-state index in [4.69, 9.17) is 33.5 Å². The summed E-state index contributed by atoms with van der Waals surface area (Å²) in [6.45, 7) is 2.05. The van der Waals surface area contributed by atoms with Gasteiger partial charge in [-0.15, -0.1) is 0 Å². The van der Waals surface area contributed by atoms with Gasteiger partial charge in [0.25, 0.3) is 5.89 Å². The van der Waals surface area contributed by atoms with Crippen molar-refractivity contribution in [1.82, 2.24) is 10.1 Å². The zero-order valence-corrected chi connectivity index (χ0v) is 11.4. The summed E-state index contributed by atoms with van der Waals surface area (Å²) in [5, 5.41) is 4.81. The average molecular weight is 286 g/mol. The normalized spacial score (nSPS) is 12.7. The van der Waals surface area contributed by atoms with E-state index in [2.05, 4.69) is 10.1 Å². The third kappa shape index (κ3) is 2.66. The fourth-order valence-corrected chi connectivity index (χ4v) is 2.19. The van der Waals surface area contributed by atoms with E-state index in [9.17, 15) is 0 Å². The summed E-state index contributed by atoms with van der Waals surface area (Å²) in [5.74, 6) is 0.773. The van der Waals surface area contributed by atoms with Gasteiger partial charge in [0.05, 0.1) is 21.7 Å². The highest BCUT2D eigenvalue weighted by molar-refractivity contribution is 6.38. The molecule has 0 aliphatic heterocycles. The highest BCUT2D eigenvalue weighted by atomic mass is 35.5. The Bertz CT molecular complexity index is 522. The van der Waals surface area contributed by atoms with E-state index in [0.717, 1.165) is 12.8 Å². The molecule has 0 fully saturated rings. The molecule has 2 rings (SSSR count). The zero-order valence-electron chi connectivity index (χ0n) is 9.86. The number of hydrogen-bond donors (Lipinski definition) is 1.